The van der Waals surface area contributed by atoms with Crippen molar-refractivity contribution in [2.45, 2.75) is 10.1 Å². The number of amides is 3. The summed E-state index contributed by atoms with van der Waals surface area (Å²) in [6.45, 7) is 0. The van der Waals surface area contributed by atoms with Crippen LogP contribution in [0.5, 0.6) is 5.75 Å². The Balaban J connectivity index is 1.33. The maximum atomic E-state index is 13.5. The number of hydrogen-bond acceptors (Lipinski definition) is 6. The largest absolute Gasteiger partial charge is 0.507 e. The lowest BCUT2D eigenvalue weighted by Crippen LogP contribution is -2.30. The molecule has 0 aliphatic rings. The zero-order chi connectivity index (χ0) is 34.0. The molecular weight excluding hydrogens is 633 g/mol. The van der Waals surface area contributed by atoms with Gasteiger partial charge in [-0.15, -0.1) is 11.8 Å². The fourth-order valence-electron chi connectivity index (χ4n) is 4.51. The van der Waals surface area contributed by atoms with Crippen molar-refractivity contribution in [1.29, 1.82) is 0 Å². The van der Waals surface area contributed by atoms with Crippen molar-refractivity contribution in [1.82, 2.24) is 5.32 Å². The summed E-state index contributed by atoms with van der Waals surface area (Å²) in [4.78, 5) is 51.9. The molecule has 0 saturated heterocycles. The molecule has 0 radical (unpaired) electrons. The minimum absolute atomic E-state index is 0.0602. The summed E-state index contributed by atoms with van der Waals surface area (Å²) in [5.74, 6) is -3.72. The van der Waals surface area contributed by atoms with E-state index in [1.165, 1.54) is 60.3 Å². The van der Waals surface area contributed by atoms with Crippen LogP contribution >= 0.6 is 11.8 Å². The molecule has 0 spiro atoms. The van der Waals surface area contributed by atoms with Crippen LogP contribution in [-0.4, -0.2) is 33.9 Å². The topological polar surface area (TPSA) is 145 Å². The quantitative estimate of drug-likeness (QED) is 0.0576. The van der Waals surface area contributed by atoms with Crippen LogP contribution < -0.4 is 16.0 Å². The second kappa shape index (κ2) is 15.4. The van der Waals surface area contributed by atoms with Crippen molar-refractivity contribution < 1.29 is 33.8 Å². The Kier molecular flexibility index (Phi) is 10.6. The van der Waals surface area contributed by atoms with Crippen molar-refractivity contribution in [2.24, 2.45) is 0 Å². The zero-order valence-corrected chi connectivity index (χ0v) is 25.9. The molecule has 0 bridgehead atoms. The number of halogens is 1. The minimum atomic E-state index is -1.33. The molecule has 11 heteroatoms. The van der Waals surface area contributed by atoms with Crippen molar-refractivity contribution in [3.63, 3.8) is 0 Å². The van der Waals surface area contributed by atoms with Crippen molar-refractivity contribution >= 4 is 52.9 Å². The van der Waals surface area contributed by atoms with E-state index < -0.39 is 40.5 Å². The van der Waals surface area contributed by atoms with Crippen LogP contribution in [0.1, 0.15) is 37.1 Å². The number of carboxylic acid groups (broad SMARTS) is 1. The summed E-state index contributed by atoms with van der Waals surface area (Å²) >= 11 is 1.24. The first-order valence-electron chi connectivity index (χ1n) is 14.5. The second-order valence-electron chi connectivity index (χ2n) is 10.3. The van der Waals surface area contributed by atoms with Gasteiger partial charge in [-0.25, -0.2) is 9.18 Å². The van der Waals surface area contributed by atoms with E-state index in [-0.39, 0.29) is 16.9 Å². The van der Waals surface area contributed by atoms with Gasteiger partial charge in [0.2, 0.25) is 5.91 Å². The number of hydrogen-bond donors (Lipinski definition) is 5. The maximum absolute atomic E-state index is 13.5. The molecule has 9 nitrogen and oxygen atoms in total. The number of aromatic hydroxyl groups is 1. The Bertz CT molecular complexity index is 1970. The van der Waals surface area contributed by atoms with E-state index in [1.54, 1.807) is 78.9 Å². The predicted molar refractivity (Wildman–Crippen MR) is 182 cm³/mol. The van der Waals surface area contributed by atoms with Crippen molar-refractivity contribution in [3.8, 4) is 5.75 Å². The Labute approximate surface area is 279 Å². The Morgan fingerprint density at radius 3 is 2.00 bits per heavy atom. The molecule has 0 aliphatic carbocycles. The third kappa shape index (κ3) is 8.74. The highest BCUT2D eigenvalue weighted by Crippen LogP contribution is 2.37. The molecule has 0 fully saturated rings. The number of phenols is 1. The van der Waals surface area contributed by atoms with Crippen LogP contribution in [0.4, 0.5) is 15.8 Å². The number of thioether (sulfide) groups is 1. The zero-order valence-electron chi connectivity index (χ0n) is 25.1. The molecular formula is C37H28FN3O6S. The van der Waals surface area contributed by atoms with Gasteiger partial charge in [-0.05, 0) is 83.9 Å². The molecule has 48 heavy (non-hydrogen) atoms. The lowest BCUT2D eigenvalue weighted by Gasteiger charge is -2.18. The van der Waals surface area contributed by atoms with E-state index in [9.17, 15) is 33.8 Å². The normalized spacial score (nSPS) is 11.6. The molecule has 0 saturated carbocycles. The Hall–Kier alpha value is -6.20. The van der Waals surface area contributed by atoms with Gasteiger partial charge in [0.1, 0.15) is 28.1 Å². The van der Waals surface area contributed by atoms with Crippen LogP contribution in [0.15, 0.2) is 138 Å². The molecule has 1 atom stereocenters. The average molecular weight is 662 g/mol. The van der Waals surface area contributed by atoms with E-state index in [0.717, 1.165) is 0 Å². The standard InChI is InChI=1S/C37H28FN3O6S/c38-26-13-11-23(12-14-26)21-31(41-34(43)25-9-5-2-6-10-25)35(44)39-27-15-18-29(19-16-27)48-33(24-7-3-1-4-8-24)36(45)40-28-17-20-32(42)30(22-28)37(46)47/h1-22,33,42H,(H,39,44)(H,40,45)(H,41,43)(H,46,47)/b31-21-. The summed E-state index contributed by atoms with van der Waals surface area (Å²) in [6.07, 6.45) is 1.44. The minimum Gasteiger partial charge on any atom is -0.507 e. The number of carbonyl (C=O) groups is 4. The van der Waals surface area contributed by atoms with E-state index >= 15 is 0 Å². The van der Waals surface area contributed by atoms with E-state index in [0.29, 0.717) is 27.3 Å². The molecule has 1 unspecified atom stereocenters. The van der Waals surface area contributed by atoms with Crippen molar-refractivity contribution in [2.75, 3.05) is 10.6 Å². The Morgan fingerprint density at radius 1 is 0.729 bits per heavy atom. The highest BCUT2D eigenvalue weighted by atomic mass is 32.2. The number of anilines is 2. The molecule has 0 aliphatic heterocycles. The number of aromatic carboxylic acids is 1. The monoisotopic (exact) mass is 661 g/mol. The van der Waals surface area contributed by atoms with Crippen LogP contribution in [0, 0.1) is 5.82 Å². The molecule has 5 aromatic carbocycles. The van der Waals surface area contributed by atoms with Crippen LogP contribution in [0.3, 0.4) is 0 Å². The summed E-state index contributed by atoms with van der Waals surface area (Å²) in [7, 11) is 0. The maximum Gasteiger partial charge on any atom is 0.339 e. The first kappa shape index (κ1) is 33.2. The van der Waals surface area contributed by atoms with Crippen LogP contribution in [-0.2, 0) is 9.59 Å². The van der Waals surface area contributed by atoms with E-state index in [2.05, 4.69) is 16.0 Å². The third-order valence-electron chi connectivity index (χ3n) is 6.91. The molecule has 5 rings (SSSR count). The van der Waals surface area contributed by atoms with Gasteiger partial charge in [0, 0.05) is 21.8 Å². The molecule has 3 amide bonds. The first-order chi connectivity index (χ1) is 23.2. The van der Waals surface area contributed by atoms with E-state index in [1.807, 2.05) is 6.07 Å². The SMILES string of the molecule is O=C(Nc1ccc(SC(C(=O)Nc2ccc(O)c(C(=O)O)c2)c2ccccc2)cc1)/C(=C/c1ccc(F)cc1)NC(=O)c1ccccc1. The molecule has 240 valence electrons. The number of benzene rings is 5. The van der Waals surface area contributed by atoms with Crippen LogP contribution in [0.25, 0.3) is 6.08 Å². The number of rotatable bonds is 11. The first-order valence-corrected chi connectivity index (χ1v) is 15.4. The van der Waals surface area contributed by atoms with Gasteiger partial charge in [-0.1, -0.05) is 60.7 Å². The van der Waals surface area contributed by atoms with Gasteiger partial charge in [0.15, 0.2) is 0 Å². The number of nitrogens with one attached hydrogen (secondary N) is 3. The van der Waals surface area contributed by atoms with Crippen LogP contribution in [0.2, 0.25) is 0 Å². The fourth-order valence-corrected chi connectivity index (χ4v) is 5.54. The molecule has 5 aromatic rings. The summed E-state index contributed by atoms with van der Waals surface area (Å²) in [6, 6.07) is 33.4. The van der Waals surface area contributed by atoms with Gasteiger partial charge in [-0.2, -0.15) is 0 Å². The summed E-state index contributed by atoms with van der Waals surface area (Å²) < 4.78 is 13.5. The second-order valence-corrected chi connectivity index (χ2v) is 11.5. The molecule has 0 heterocycles. The number of carbonyl (C=O) groups excluding carboxylic acids is 3. The van der Waals surface area contributed by atoms with Gasteiger partial charge in [0.25, 0.3) is 11.8 Å². The Morgan fingerprint density at radius 2 is 1.35 bits per heavy atom. The summed E-state index contributed by atoms with van der Waals surface area (Å²) in [5, 5.41) is 26.6. The van der Waals surface area contributed by atoms with Gasteiger partial charge < -0.3 is 26.2 Å². The molecule has 0 aromatic heterocycles. The average Bonchev–Trinajstić information content (AvgIpc) is 3.10. The molecule has 5 N–H and O–H groups in total. The third-order valence-corrected chi connectivity index (χ3v) is 8.18. The van der Waals surface area contributed by atoms with Gasteiger partial charge in [-0.3, -0.25) is 14.4 Å². The lowest BCUT2D eigenvalue weighted by atomic mass is 10.1. The fraction of sp³-hybridized carbons (Fsp3) is 0.0270. The highest BCUT2D eigenvalue weighted by molar-refractivity contribution is 8.00. The van der Waals surface area contributed by atoms with E-state index in [4.69, 9.17) is 0 Å². The lowest BCUT2D eigenvalue weighted by molar-refractivity contribution is -0.116. The van der Waals surface area contributed by atoms with Gasteiger partial charge >= 0.3 is 5.97 Å². The summed E-state index contributed by atoms with van der Waals surface area (Å²) in [5.41, 5.74) is 1.76. The predicted octanol–water partition coefficient (Wildman–Crippen LogP) is 7.11. The number of carboxylic acids is 1. The smallest absolute Gasteiger partial charge is 0.339 e. The van der Waals surface area contributed by atoms with Crippen molar-refractivity contribution in [3.05, 3.63) is 161 Å². The van der Waals surface area contributed by atoms with Gasteiger partial charge in [0.05, 0.1) is 0 Å². The highest BCUT2D eigenvalue weighted by Gasteiger charge is 2.23.